The van der Waals surface area contributed by atoms with Crippen molar-refractivity contribution >= 4 is 35.3 Å². The van der Waals surface area contributed by atoms with E-state index in [-0.39, 0.29) is 17.0 Å². The molecule has 31 heavy (non-hydrogen) atoms. The van der Waals surface area contributed by atoms with Gasteiger partial charge >= 0.3 is 11.7 Å². The normalized spacial score (nSPS) is 15.1. The highest BCUT2D eigenvalue weighted by Crippen LogP contribution is 2.37. The quantitative estimate of drug-likeness (QED) is 0.309. The molecule has 4 amide bonds. The van der Waals surface area contributed by atoms with Crippen LogP contribution in [-0.2, 0) is 9.59 Å². The number of carbonyl (C=O) groups is 3. The van der Waals surface area contributed by atoms with Gasteiger partial charge in [0.25, 0.3) is 11.8 Å². The van der Waals surface area contributed by atoms with Crippen LogP contribution in [0.15, 0.2) is 42.0 Å². The number of phenols is 1. The Morgan fingerprint density at radius 3 is 2.45 bits per heavy atom. The van der Waals surface area contributed by atoms with Crippen LogP contribution in [0.1, 0.15) is 12.5 Å². The summed E-state index contributed by atoms with van der Waals surface area (Å²) in [6.07, 6.45) is 1.07. The van der Waals surface area contributed by atoms with Gasteiger partial charge in [-0.15, -0.1) is 0 Å². The SMILES string of the molecule is CCOc1ccc(N2C(=O)NC(=O)/C(=C\c3cc(OC)c(O)c([N+](=O)[O-])c3)C2=O)cc1. The monoisotopic (exact) mass is 427 g/mol. The van der Waals surface area contributed by atoms with Crippen molar-refractivity contribution in [2.75, 3.05) is 18.6 Å². The molecule has 0 aliphatic carbocycles. The highest BCUT2D eigenvalue weighted by atomic mass is 16.6. The van der Waals surface area contributed by atoms with Gasteiger partial charge in [0.2, 0.25) is 5.75 Å². The van der Waals surface area contributed by atoms with Crippen molar-refractivity contribution in [3.8, 4) is 17.2 Å². The second-order valence-electron chi connectivity index (χ2n) is 6.23. The van der Waals surface area contributed by atoms with E-state index in [1.54, 1.807) is 19.1 Å². The number of aromatic hydroxyl groups is 1. The largest absolute Gasteiger partial charge is 0.500 e. The number of ether oxygens (including phenoxy) is 2. The van der Waals surface area contributed by atoms with Crippen LogP contribution in [0.25, 0.3) is 6.08 Å². The zero-order valence-electron chi connectivity index (χ0n) is 16.4. The molecule has 1 fully saturated rings. The van der Waals surface area contributed by atoms with Crippen molar-refractivity contribution in [1.82, 2.24) is 5.32 Å². The molecule has 0 radical (unpaired) electrons. The number of nitro benzene ring substituents is 1. The second-order valence-corrected chi connectivity index (χ2v) is 6.23. The van der Waals surface area contributed by atoms with E-state index in [4.69, 9.17) is 9.47 Å². The Morgan fingerprint density at radius 1 is 1.19 bits per heavy atom. The molecule has 1 aliphatic rings. The Kier molecular flexibility index (Phi) is 5.86. The zero-order valence-corrected chi connectivity index (χ0v) is 16.4. The Bertz CT molecular complexity index is 1110. The predicted molar refractivity (Wildman–Crippen MR) is 108 cm³/mol. The van der Waals surface area contributed by atoms with E-state index in [2.05, 4.69) is 5.32 Å². The molecule has 2 aromatic carbocycles. The molecule has 1 heterocycles. The molecule has 1 aliphatic heterocycles. The smallest absolute Gasteiger partial charge is 0.335 e. The maximum atomic E-state index is 12.9. The van der Waals surface area contributed by atoms with Gasteiger partial charge in [-0.3, -0.25) is 25.0 Å². The minimum Gasteiger partial charge on any atom is -0.500 e. The lowest BCUT2D eigenvalue weighted by Gasteiger charge is -2.26. The van der Waals surface area contributed by atoms with Crippen LogP contribution in [-0.4, -0.2) is 41.6 Å². The molecular weight excluding hydrogens is 410 g/mol. The standard InChI is InChI=1S/C20H17N3O8/c1-3-31-13-6-4-12(5-7-13)22-19(26)14(18(25)21-20(22)27)8-11-9-15(23(28)29)17(24)16(10-11)30-2/h4-10,24H,3H2,1-2H3,(H,21,25,27)/b14-8+. The average Bonchev–Trinajstić information content (AvgIpc) is 2.73. The maximum Gasteiger partial charge on any atom is 0.335 e. The molecule has 0 bridgehead atoms. The lowest BCUT2D eigenvalue weighted by molar-refractivity contribution is -0.386. The van der Waals surface area contributed by atoms with Crippen LogP contribution in [0, 0.1) is 10.1 Å². The summed E-state index contributed by atoms with van der Waals surface area (Å²) in [4.78, 5) is 48.6. The number of amides is 4. The molecule has 160 valence electrons. The molecule has 2 N–H and O–H groups in total. The summed E-state index contributed by atoms with van der Waals surface area (Å²) in [5, 5.41) is 23.1. The summed E-state index contributed by atoms with van der Waals surface area (Å²) in [6.45, 7) is 2.24. The number of phenolic OH excluding ortho intramolecular Hbond substituents is 1. The fraction of sp³-hybridized carbons (Fsp3) is 0.150. The molecule has 0 saturated carbocycles. The Balaban J connectivity index is 2.03. The first-order valence-corrected chi connectivity index (χ1v) is 8.96. The second kappa shape index (κ2) is 8.53. The highest BCUT2D eigenvalue weighted by Gasteiger charge is 2.37. The molecule has 3 rings (SSSR count). The lowest BCUT2D eigenvalue weighted by atomic mass is 10.1. The van der Waals surface area contributed by atoms with Crippen molar-refractivity contribution in [3.05, 3.63) is 57.6 Å². The average molecular weight is 427 g/mol. The van der Waals surface area contributed by atoms with Crippen LogP contribution in [0.2, 0.25) is 0 Å². The Hall–Kier alpha value is -4.41. The molecule has 11 nitrogen and oxygen atoms in total. The van der Waals surface area contributed by atoms with Gasteiger partial charge in [-0.1, -0.05) is 0 Å². The first-order valence-electron chi connectivity index (χ1n) is 8.96. The van der Waals surface area contributed by atoms with E-state index in [0.717, 1.165) is 17.0 Å². The number of imide groups is 2. The minimum atomic E-state index is -0.966. The van der Waals surface area contributed by atoms with Crippen LogP contribution < -0.4 is 19.7 Å². The van der Waals surface area contributed by atoms with Crippen LogP contribution in [0.4, 0.5) is 16.2 Å². The number of benzene rings is 2. The van der Waals surface area contributed by atoms with Gasteiger partial charge < -0.3 is 14.6 Å². The third-order valence-electron chi connectivity index (χ3n) is 4.31. The number of carbonyl (C=O) groups excluding carboxylic acids is 3. The van der Waals surface area contributed by atoms with E-state index < -0.39 is 39.8 Å². The summed E-state index contributed by atoms with van der Waals surface area (Å²) in [7, 11) is 1.19. The first-order chi connectivity index (χ1) is 14.8. The van der Waals surface area contributed by atoms with E-state index in [9.17, 15) is 29.6 Å². The molecular formula is C20H17N3O8. The van der Waals surface area contributed by atoms with Crippen LogP contribution in [0.3, 0.4) is 0 Å². The van der Waals surface area contributed by atoms with Crippen molar-refractivity contribution < 1.29 is 33.9 Å². The maximum absolute atomic E-state index is 12.9. The fourth-order valence-corrected chi connectivity index (χ4v) is 2.91. The molecule has 11 heteroatoms. The first kappa shape index (κ1) is 21.3. The van der Waals surface area contributed by atoms with Crippen molar-refractivity contribution in [1.29, 1.82) is 0 Å². The van der Waals surface area contributed by atoms with Crippen molar-refractivity contribution in [2.24, 2.45) is 0 Å². The number of hydrogen-bond donors (Lipinski definition) is 2. The molecule has 0 spiro atoms. The van der Waals surface area contributed by atoms with Gasteiger partial charge in [0, 0.05) is 6.07 Å². The number of urea groups is 1. The summed E-state index contributed by atoms with van der Waals surface area (Å²) < 4.78 is 10.2. The minimum absolute atomic E-state index is 0.0424. The number of anilines is 1. The number of nitro groups is 1. The molecule has 2 aromatic rings. The fourth-order valence-electron chi connectivity index (χ4n) is 2.91. The van der Waals surface area contributed by atoms with Gasteiger partial charge in [-0.05, 0) is 48.9 Å². The summed E-state index contributed by atoms with van der Waals surface area (Å²) in [5.41, 5.74) is -0.871. The van der Waals surface area contributed by atoms with E-state index in [1.165, 1.54) is 25.3 Å². The molecule has 0 aromatic heterocycles. The van der Waals surface area contributed by atoms with Gasteiger partial charge in [0.05, 0.1) is 24.3 Å². The van der Waals surface area contributed by atoms with Gasteiger partial charge in [0.15, 0.2) is 5.75 Å². The lowest BCUT2D eigenvalue weighted by Crippen LogP contribution is -2.54. The number of methoxy groups -OCH3 is 1. The van der Waals surface area contributed by atoms with Crippen molar-refractivity contribution in [2.45, 2.75) is 6.92 Å². The van der Waals surface area contributed by atoms with Gasteiger partial charge in [0.1, 0.15) is 11.3 Å². The number of rotatable bonds is 6. The number of barbiturate groups is 1. The molecule has 0 unspecified atom stereocenters. The summed E-state index contributed by atoms with van der Waals surface area (Å²) in [6, 6.07) is 7.33. The number of nitrogens with zero attached hydrogens (tertiary/aromatic N) is 2. The van der Waals surface area contributed by atoms with Crippen LogP contribution >= 0.6 is 0 Å². The van der Waals surface area contributed by atoms with Gasteiger partial charge in [-0.2, -0.15) is 0 Å². The highest BCUT2D eigenvalue weighted by molar-refractivity contribution is 6.39. The van der Waals surface area contributed by atoms with E-state index >= 15 is 0 Å². The Labute approximate surface area is 175 Å². The summed E-state index contributed by atoms with van der Waals surface area (Å²) in [5.74, 6) is -2.27. The topological polar surface area (TPSA) is 148 Å². The van der Waals surface area contributed by atoms with Gasteiger partial charge in [-0.25, -0.2) is 9.69 Å². The van der Waals surface area contributed by atoms with E-state index in [0.29, 0.717) is 12.4 Å². The molecule has 1 saturated heterocycles. The zero-order chi connectivity index (χ0) is 22.7. The number of nitrogens with one attached hydrogen (secondary N) is 1. The number of hydrogen-bond acceptors (Lipinski definition) is 8. The third-order valence-corrected chi connectivity index (χ3v) is 4.31. The van der Waals surface area contributed by atoms with Crippen molar-refractivity contribution in [3.63, 3.8) is 0 Å². The Morgan fingerprint density at radius 2 is 1.87 bits per heavy atom. The van der Waals surface area contributed by atoms with E-state index in [1.807, 2.05) is 0 Å². The predicted octanol–water partition coefficient (Wildman–Crippen LogP) is 2.37. The van der Waals surface area contributed by atoms with Crippen LogP contribution in [0.5, 0.6) is 17.2 Å². The third kappa shape index (κ3) is 4.15. The molecule has 0 atom stereocenters. The summed E-state index contributed by atoms with van der Waals surface area (Å²) >= 11 is 0.